The lowest BCUT2D eigenvalue weighted by molar-refractivity contribution is -0.00866. The van der Waals surface area contributed by atoms with Crippen molar-refractivity contribution in [1.82, 2.24) is 10.3 Å². The molecular weight excluding hydrogens is 226 g/mol. The van der Waals surface area contributed by atoms with Crippen LogP contribution in [0.5, 0.6) is 0 Å². The highest BCUT2D eigenvalue weighted by molar-refractivity contribution is 7.13. The number of nitrogens with two attached hydrogens (primary N) is 1. The van der Waals surface area contributed by atoms with E-state index >= 15 is 0 Å². The molecule has 1 aliphatic rings. The minimum atomic E-state index is -0.145. The van der Waals surface area contributed by atoms with Crippen molar-refractivity contribution in [3.63, 3.8) is 0 Å². The Morgan fingerprint density at radius 2 is 2.50 bits per heavy atom. The van der Waals surface area contributed by atoms with E-state index in [-0.39, 0.29) is 11.9 Å². The number of hydrogen-bond donors (Lipinski definition) is 2. The number of carbonyl (C=O) groups excluding carboxylic acids is 1. The third-order valence-electron chi connectivity index (χ3n) is 2.59. The summed E-state index contributed by atoms with van der Waals surface area (Å²) in [5, 5.41) is 5.00. The van der Waals surface area contributed by atoms with Crippen molar-refractivity contribution in [2.24, 2.45) is 0 Å². The number of thiazole rings is 1. The Morgan fingerprint density at radius 3 is 3.06 bits per heavy atom. The summed E-state index contributed by atoms with van der Waals surface area (Å²) in [4.78, 5) is 15.6. The topological polar surface area (TPSA) is 77.2 Å². The van der Waals surface area contributed by atoms with E-state index in [1.165, 1.54) is 11.3 Å². The zero-order chi connectivity index (χ0) is 11.5. The molecule has 0 aliphatic heterocycles. The lowest BCUT2D eigenvalue weighted by Crippen LogP contribution is -2.47. The highest BCUT2D eigenvalue weighted by Gasteiger charge is 2.31. The lowest BCUT2D eigenvalue weighted by Gasteiger charge is -2.35. The van der Waals surface area contributed by atoms with Gasteiger partial charge in [0.05, 0.1) is 6.10 Å². The molecule has 0 spiro atoms. The number of ether oxygens (including phenoxy) is 1. The standard InChI is InChI=1S/C10H15N3O2S/c1-2-15-7-3-6(4-7)12-9(14)8-5-16-10(11)13-8/h5-7H,2-4H2,1H3,(H2,11,13)(H,12,14). The van der Waals surface area contributed by atoms with Gasteiger partial charge in [-0.3, -0.25) is 4.79 Å². The van der Waals surface area contributed by atoms with Crippen LogP contribution in [-0.4, -0.2) is 29.6 Å². The van der Waals surface area contributed by atoms with Crippen molar-refractivity contribution in [1.29, 1.82) is 0 Å². The maximum atomic E-state index is 11.7. The molecule has 6 heteroatoms. The monoisotopic (exact) mass is 241 g/mol. The molecule has 0 atom stereocenters. The summed E-state index contributed by atoms with van der Waals surface area (Å²) < 4.78 is 5.41. The van der Waals surface area contributed by atoms with E-state index in [2.05, 4.69) is 10.3 Å². The van der Waals surface area contributed by atoms with Crippen LogP contribution in [0.4, 0.5) is 5.13 Å². The Balaban J connectivity index is 1.77. The molecule has 2 rings (SSSR count). The van der Waals surface area contributed by atoms with Gasteiger partial charge in [-0.15, -0.1) is 11.3 Å². The van der Waals surface area contributed by atoms with Crippen LogP contribution in [0.1, 0.15) is 30.3 Å². The Labute approximate surface area is 98.0 Å². The number of nitrogens with zero attached hydrogens (tertiary/aromatic N) is 1. The van der Waals surface area contributed by atoms with Gasteiger partial charge in [0.25, 0.3) is 5.91 Å². The zero-order valence-corrected chi connectivity index (χ0v) is 9.92. The Hall–Kier alpha value is -1.14. The van der Waals surface area contributed by atoms with Crippen LogP contribution in [0.15, 0.2) is 5.38 Å². The molecule has 1 saturated carbocycles. The van der Waals surface area contributed by atoms with Gasteiger partial charge in [0, 0.05) is 18.0 Å². The maximum Gasteiger partial charge on any atom is 0.271 e. The second kappa shape index (κ2) is 4.80. The molecule has 1 aromatic rings. The van der Waals surface area contributed by atoms with Crippen LogP contribution in [-0.2, 0) is 4.74 Å². The fraction of sp³-hybridized carbons (Fsp3) is 0.600. The predicted octanol–water partition coefficient (Wildman–Crippen LogP) is 1.02. The van der Waals surface area contributed by atoms with Gasteiger partial charge < -0.3 is 15.8 Å². The Bertz CT molecular complexity index is 374. The molecular formula is C10H15N3O2S. The highest BCUT2D eigenvalue weighted by Crippen LogP contribution is 2.23. The average Bonchev–Trinajstić information content (AvgIpc) is 2.61. The van der Waals surface area contributed by atoms with E-state index in [9.17, 15) is 4.79 Å². The third-order valence-corrected chi connectivity index (χ3v) is 3.26. The SMILES string of the molecule is CCOC1CC(NC(=O)c2csc(N)n2)C1. The molecule has 0 aromatic carbocycles. The van der Waals surface area contributed by atoms with Crippen molar-refractivity contribution in [2.75, 3.05) is 12.3 Å². The van der Waals surface area contributed by atoms with Crippen molar-refractivity contribution in [3.05, 3.63) is 11.1 Å². The van der Waals surface area contributed by atoms with Crippen molar-refractivity contribution in [3.8, 4) is 0 Å². The molecule has 3 N–H and O–H groups in total. The first-order valence-electron chi connectivity index (χ1n) is 5.32. The van der Waals surface area contributed by atoms with E-state index < -0.39 is 0 Å². The molecule has 16 heavy (non-hydrogen) atoms. The first-order chi connectivity index (χ1) is 7.69. The van der Waals surface area contributed by atoms with Gasteiger partial charge in [0.2, 0.25) is 0 Å². The van der Waals surface area contributed by atoms with E-state index in [0.29, 0.717) is 16.9 Å². The van der Waals surface area contributed by atoms with Crippen LogP contribution in [0.25, 0.3) is 0 Å². The van der Waals surface area contributed by atoms with Crippen LogP contribution >= 0.6 is 11.3 Å². The predicted molar refractivity (Wildman–Crippen MR) is 62.4 cm³/mol. The van der Waals surface area contributed by atoms with Crippen LogP contribution in [0.3, 0.4) is 0 Å². The van der Waals surface area contributed by atoms with Crippen molar-refractivity contribution in [2.45, 2.75) is 31.9 Å². The molecule has 1 heterocycles. The smallest absolute Gasteiger partial charge is 0.271 e. The number of amides is 1. The molecule has 1 aromatic heterocycles. The van der Waals surface area contributed by atoms with Crippen molar-refractivity contribution >= 4 is 22.4 Å². The molecule has 88 valence electrons. The average molecular weight is 241 g/mol. The summed E-state index contributed by atoms with van der Waals surface area (Å²) in [6.07, 6.45) is 2.08. The summed E-state index contributed by atoms with van der Waals surface area (Å²) in [5.74, 6) is -0.145. The van der Waals surface area contributed by atoms with E-state index in [4.69, 9.17) is 10.5 Å². The van der Waals surface area contributed by atoms with Crippen molar-refractivity contribution < 1.29 is 9.53 Å². The molecule has 1 amide bonds. The highest BCUT2D eigenvalue weighted by atomic mass is 32.1. The number of rotatable bonds is 4. The normalized spacial score (nSPS) is 23.8. The van der Waals surface area contributed by atoms with Gasteiger partial charge in [-0.25, -0.2) is 4.98 Å². The van der Waals surface area contributed by atoms with Gasteiger partial charge in [-0.1, -0.05) is 0 Å². The molecule has 0 saturated heterocycles. The number of carbonyl (C=O) groups is 1. The molecule has 0 bridgehead atoms. The number of nitrogen functional groups attached to an aromatic ring is 1. The van der Waals surface area contributed by atoms with Gasteiger partial charge in [-0.2, -0.15) is 0 Å². The molecule has 0 unspecified atom stereocenters. The second-order valence-corrected chi connectivity index (χ2v) is 4.68. The molecule has 5 nitrogen and oxygen atoms in total. The van der Waals surface area contributed by atoms with Gasteiger partial charge in [-0.05, 0) is 19.8 Å². The zero-order valence-electron chi connectivity index (χ0n) is 9.10. The fourth-order valence-corrected chi connectivity index (χ4v) is 2.25. The van der Waals surface area contributed by atoms with E-state index in [1.807, 2.05) is 6.92 Å². The first-order valence-corrected chi connectivity index (χ1v) is 6.20. The summed E-state index contributed by atoms with van der Waals surface area (Å²) in [5.41, 5.74) is 5.87. The number of aromatic nitrogens is 1. The van der Waals surface area contributed by atoms with Gasteiger partial charge in [0.1, 0.15) is 5.69 Å². The van der Waals surface area contributed by atoms with Crippen LogP contribution in [0, 0.1) is 0 Å². The molecule has 1 aliphatic carbocycles. The molecule has 0 radical (unpaired) electrons. The largest absolute Gasteiger partial charge is 0.378 e. The quantitative estimate of drug-likeness (QED) is 0.825. The lowest BCUT2D eigenvalue weighted by atomic mass is 9.89. The Morgan fingerprint density at radius 1 is 1.75 bits per heavy atom. The number of nitrogens with one attached hydrogen (secondary N) is 1. The summed E-state index contributed by atoms with van der Waals surface area (Å²) in [6, 6.07) is 0.215. The Kier molecular flexibility index (Phi) is 3.40. The second-order valence-electron chi connectivity index (χ2n) is 3.79. The minimum Gasteiger partial charge on any atom is -0.378 e. The fourth-order valence-electron chi connectivity index (χ4n) is 1.71. The summed E-state index contributed by atoms with van der Waals surface area (Å²) in [6.45, 7) is 2.71. The maximum absolute atomic E-state index is 11.7. The minimum absolute atomic E-state index is 0.145. The molecule has 1 fully saturated rings. The number of hydrogen-bond acceptors (Lipinski definition) is 5. The third kappa shape index (κ3) is 2.51. The number of anilines is 1. The van der Waals surface area contributed by atoms with E-state index in [1.54, 1.807) is 5.38 Å². The first kappa shape index (κ1) is 11.3. The van der Waals surface area contributed by atoms with E-state index in [0.717, 1.165) is 19.4 Å². The van der Waals surface area contributed by atoms with Crippen LogP contribution < -0.4 is 11.1 Å². The van der Waals surface area contributed by atoms with Gasteiger partial charge in [0.15, 0.2) is 5.13 Å². The summed E-state index contributed by atoms with van der Waals surface area (Å²) in [7, 11) is 0. The van der Waals surface area contributed by atoms with Crippen LogP contribution in [0.2, 0.25) is 0 Å². The van der Waals surface area contributed by atoms with Gasteiger partial charge >= 0.3 is 0 Å². The summed E-state index contributed by atoms with van der Waals surface area (Å²) >= 11 is 1.28.